The molecule has 0 unspecified atom stereocenters. The van der Waals surface area contributed by atoms with Crippen LogP contribution in [-0.2, 0) is 0 Å². The van der Waals surface area contributed by atoms with Gasteiger partial charge in [0.2, 0.25) is 0 Å². The van der Waals surface area contributed by atoms with Crippen LogP contribution in [0.5, 0.6) is 0 Å². The topological polar surface area (TPSA) is 36.1 Å². The molecule has 1 aromatic carbocycles. The fourth-order valence-electron chi connectivity index (χ4n) is 3.84. The molecule has 1 aliphatic rings. The fraction of sp³-hybridized carbons (Fsp3) is 0.350. The van der Waals surface area contributed by atoms with Crippen LogP contribution < -0.4 is 0 Å². The molecule has 0 saturated carbocycles. The fourth-order valence-corrected chi connectivity index (χ4v) is 4.75. The molecule has 3 aromatic rings. The summed E-state index contributed by atoms with van der Waals surface area (Å²) in [6.45, 7) is 5.80. The van der Waals surface area contributed by atoms with Crippen molar-refractivity contribution >= 4 is 28.1 Å². The van der Waals surface area contributed by atoms with Gasteiger partial charge in [-0.25, -0.2) is 0 Å². The predicted octanol–water partition coefficient (Wildman–Crippen LogP) is 4.87. The summed E-state index contributed by atoms with van der Waals surface area (Å²) in [5.41, 5.74) is 3.50. The number of piperidine rings is 1. The number of hydrogen-bond acceptors (Lipinski definition) is 2. The number of amides is 1. The van der Waals surface area contributed by atoms with E-state index in [-0.39, 0.29) is 5.91 Å². The summed E-state index contributed by atoms with van der Waals surface area (Å²) < 4.78 is 0. The zero-order chi connectivity index (χ0) is 16.7. The monoisotopic (exact) mass is 338 g/mol. The third kappa shape index (κ3) is 2.65. The SMILES string of the molecule is Cc1cc(C(=O)N2CCC(c3c[nH]c4ccccc34)CC2)c(C)s1. The molecule has 4 heteroatoms. The number of carbonyl (C=O) groups excluding carboxylic acids is 1. The number of rotatable bonds is 2. The van der Waals surface area contributed by atoms with Gasteiger partial charge in [-0.15, -0.1) is 11.3 Å². The Bertz CT molecular complexity index is 884. The maximum absolute atomic E-state index is 12.8. The number of thiophene rings is 1. The number of H-pyrrole nitrogens is 1. The van der Waals surface area contributed by atoms with E-state index in [4.69, 9.17) is 0 Å². The molecule has 1 aliphatic heterocycles. The summed E-state index contributed by atoms with van der Waals surface area (Å²) in [6, 6.07) is 10.5. The molecule has 0 aliphatic carbocycles. The number of hydrogen-bond donors (Lipinski definition) is 1. The van der Waals surface area contributed by atoms with Gasteiger partial charge in [-0.1, -0.05) is 18.2 Å². The minimum absolute atomic E-state index is 0.203. The van der Waals surface area contributed by atoms with Gasteiger partial charge >= 0.3 is 0 Å². The number of aromatic nitrogens is 1. The molecule has 1 amide bonds. The lowest BCUT2D eigenvalue weighted by atomic mass is 9.89. The van der Waals surface area contributed by atoms with Crippen LogP contribution in [0.3, 0.4) is 0 Å². The molecule has 3 nitrogen and oxygen atoms in total. The van der Waals surface area contributed by atoms with Crippen molar-refractivity contribution in [2.24, 2.45) is 0 Å². The van der Waals surface area contributed by atoms with E-state index in [0.717, 1.165) is 36.4 Å². The van der Waals surface area contributed by atoms with Crippen LogP contribution in [0, 0.1) is 13.8 Å². The average Bonchev–Trinajstić information content (AvgIpc) is 3.17. The molecule has 24 heavy (non-hydrogen) atoms. The van der Waals surface area contributed by atoms with Gasteiger partial charge in [0.25, 0.3) is 5.91 Å². The molecule has 0 atom stereocenters. The highest BCUT2D eigenvalue weighted by Gasteiger charge is 2.27. The molecular weight excluding hydrogens is 316 g/mol. The van der Waals surface area contributed by atoms with Gasteiger partial charge in [-0.2, -0.15) is 0 Å². The van der Waals surface area contributed by atoms with Crippen LogP contribution in [0.25, 0.3) is 10.9 Å². The zero-order valence-electron chi connectivity index (χ0n) is 14.1. The van der Waals surface area contributed by atoms with Crippen LogP contribution in [0.2, 0.25) is 0 Å². The number of carbonyl (C=O) groups is 1. The van der Waals surface area contributed by atoms with Crippen molar-refractivity contribution in [1.82, 2.24) is 9.88 Å². The molecule has 0 radical (unpaired) electrons. The smallest absolute Gasteiger partial charge is 0.254 e. The van der Waals surface area contributed by atoms with Gasteiger partial charge in [-0.3, -0.25) is 4.79 Å². The number of aromatic amines is 1. The molecular formula is C20H22N2OS. The van der Waals surface area contributed by atoms with E-state index in [1.54, 1.807) is 11.3 Å². The highest BCUT2D eigenvalue weighted by molar-refractivity contribution is 7.12. The van der Waals surface area contributed by atoms with Crippen LogP contribution in [0.4, 0.5) is 0 Å². The molecule has 1 saturated heterocycles. The summed E-state index contributed by atoms with van der Waals surface area (Å²) in [4.78, 5) is 20.5. The summed E-state index contributed by atoms with van der Waals surface area (Å²) in [5, 5.41) is 1.33. The lowest BCUT2D eigenvalue weighted by Gasteiger charge is -2.32. The largest absolute Gasteiger partial charge is 0.361 e. The first-order valence-electron chi connectivity index (χ1n) is 8.56. The van der Waals surface area contributed by atoms with E-state index < -0.39 is 0 Å². The highest BCUT2D eigenvalue weighted by Crippen LogP contribution is 2.34. The van der Waals surface area contributed by atoms with E-state index >= 15 is 0 Å². The van der Waals surface area contributed by atoms with Crippen LogP contribution in [0.1, 0.15) is 44.4 Å². The number of nitrogens with zero attached hydrogens (tertiary/aromatic N) is 1. The van der Waals surface area contributed by atoms with Crippen LogP contribution in [0.15, 0.2) is 36.5 Å². The Kier molecular flexibility index (Phi) is 3.93. The standard InChI is InChI=1S/C20H22N2OS/c1-13-11-17(14(2)24-13)20(23)22-9-7-15(8-10-22)18-12-21-19-6-4-3-5-16(18)19/h3-6,11-12,15,21H,7-10H2,1-2H3. The van der Waals surface area contributed by atoms with Gasteiger partial charge in [-0.05, 0) is 50.3 Å². The summed E-state index contributed by atoms with van der Waals surface area (Å²) >= 11 is 1.71. The molecule has 2 aromatic heterocycles. The second-order valence-electron chi connectivity index (χ2n) is 6.68. The molecule has 124 valence electrons. The van der Waals surface area contributed by atoms with Gasteiger partial charge in [0.05, 0.1) is 5.56 Å². The quantitative estimate of drug-likeness (QED) is 0.711. The average molecular weight is 338 g/mol. The summed E-state index contributed by atoms with van der Waals surface area (Å²) in [7, 11) is 0. The first-order chi connectivity index (χ1) is 11.6. The Labute approximate surface area is 146 Å². The van der Waals surface area contributed by atoms with Gasteiger partial charge < -0.3 is 9.88 Å². The Morgan fingerprint density at radius 1 is 1.21 bits per heavy atom. The number of para-hydroxylation sites is 1. The van der Waals surface area contributed by atoms with Crippen molar-refractivity contribution in [3.05, 3.63) is 57.4 Å². The minimum atomic E-state index is 0.203. The predicted molar refractivity (Wildman–Crippen MR) is 100.0 cm³/mol. The normalized spacial score (nSPS) is 16.0. The van der Waals surface area contributed by atoms with E-state index in [2.05, 4.69) is 42.4 Å². The Morgan fingerprint density at radius 2 is 1.96 bits per heavy atom. The first-order valence-corrected chi connectivity index (χ1v) is 9.37. The summed E-state index contributed by atoms with van der Waals surface area (Å²) in [6.07, 6.45) is 4.23. The molecule has 1 fully saturated rings. The highest BCUT2D eigenvalue weighted by atomic mass is 32.1. The second kappa shape index (κ2) is 6.10. The maximum Gasteiger partial charge on any atom is 0.254 e. The van der Waals surface area contributed by atoms with Crippen molar-refractivity contribution in [3.63, 3.8) is 0 Å². The molecule has 0 spiro atoms. The van der Waals surface area contributed by atoms with Gasteiger partial charge in [0, 0.05) is 39.9 Å². The molecule has 1 N–H and O–H groups in total. The zero-order valence-corrected chi connectivity index (χ0v) is 15.0. The van der Waals surface area contributed by atoms with E-state index in [1.165, 1.54) is 21.3 Å². The lowest BCUT2D eigenvalue weighted by Crippen LogP contribution is -2.38. The number of benzene rings is 1. The molecule has 0 bridgehead atoms. The molecule has 3 heterocycles. The number of likely N-dealkylation sites (tertiary alicyclic amines) is 1. The van der Waals surface area contributed by atoms with Gasteiger partial charge in [0.15, 0.2) is 0 Å². The maximum atomic E-state index is 12.8. The Morgan fingerprint density at radius 3 is 2.67 bits per heavy atom. The second-order valence-corrected chi connectivity index (χ2v) is 8.14. The van der Waals surface area contributed by atoms with E-state index in [0.29, 0.717) is 5.92 Å². The van der Waals surface area contributed by atoms with Crippen molar-refractivity contribution in [2.75, 3.05) is 13.1 Å². The van der Waals surface area contributed by atoms with E-state index in [9.17, 15) is 4.79 Å². The number of nitrogens with one attached hydrogen (secondary N) is 1. The van der Waals surface area contributed by atoms with Crippen LogP contribution in [-0.4, -0.2) is 28.9 Å². The third-order valence-electron chi connectivity index (χ3n) is 5.11. The van der Waals surface area contributed by atoms with Gasteiger partial charge in [0.1, 0.15) is 0 Å². The Hall–Kier alpha value is -2.07. The van der Waals surface area contributed by atoms with Crippen molar-refractivity contribution in [1.29, 1.82) is 0 Å². The third-order valence-corrected chi connectivity index (χ3v) is 6.08. The minimum Gasteiger partial charge on any atom is -0.361 e. The lowest BCUT2D eigenvalue weighted by molar-refractivity contribution is 0.0713. The van der Waals surface area contributed by atoms with E-state index in [1.807, 2.05) is 17.9 Å². The van der Waals surface area contributed by atoms with Crippen molar-refractivity contribution < 1.29 is 4.79 Å². The first kappa shape index (κ1) is 15.5. The van der Waals surface area contributed by atoms with Crippen molar-refractivity contribution in [2.45, 2.75) is 32.6 Å². The summed E-state index contributed by atoms with van der Waals surface area (Å²) in [5.74, 6) is 0.740. The van der Waals surface area contributed by atoms with Crippen molar-refractivity contribution in [3.8, 4) is 0 Å². The number of aryl methyl sites for hydroxylation is 2. The molecule has 4 rings (SSSR count). The Balaban J connectivity index is 1.49. The number of fused-ring (bicyclic) bond motifs is 1. The van der Waals surface area contributed by atoms with Crippen LogP contribution >= 0.6 is 11.3 Å².